The molecule has 0 saturated carbocycles. The first-order valence-electron chi connectivity index (χ1n) is 8.26. The minimum Gasteiger partial charge on any atom is -0.467 e. The highest BCUT2D eigenvalue weighted by Gasteiger charge is 2.32. The number of benzene rings is 1. The maximum atomic E-state index is 12.4. The lowest BCUT2D eigenvalue weighted by Crippen LogP contribution is -2.44. The van der Waals surface area contributed by atoms with Crippen LogP contribution in [0.2, 0.25) is 0 Å². The van der Waals surface area contributed by atoms with Crippen LogP contribution in [0.3, 0.4) is 0 Å². The lowest BCUT2D eigenvalue weighted by atomic mass is 9.96. The second-order valence-electron chi connectivity index (χ2n) is 6.07. The molecule has 126 valence electrons. The molecule has 0 radical (unpaired) electrons. The van der Waals surface area contributed by atoms with Crippen LogP contribution in [0.5, 0.6) is 0 Å². The summed E-state index contributed by atoms with van der Waals surface area (Å²) in [7, 11) is 1.48. The van der Waals surface area contributed by atoms with Crippen LogP contribution in [0.4, 0.5) is 0 Å². The Morgan fingerprint density at radius 3 is 2.65 bits per heavy atom. The summed E-state index contributed by atoms with van der Waals surface area (Å²) < 4.78 is 5.80. The third-order valence-corrected chi connectivity index (χ3v) is 5.44. The number of hydrogen-bond donors (Lipinski definition) is 0. The van der Waals surface area contributed by atoms with Gasteiger partial charge in [0.15, 0.2) is 0 Å². The number of alkyl halides is 1. The Morgan fingerprint density at radius 2 is 2.09 bits per heavy atom. The van der Waals surface area contributed by atoms with E-state index in [0.717, 1.165) is 17.3 Å². The maximum Gasteiger partial charge on any atom is 0.329 e. The van der Waals surface area contributed by atoms with Gasteiger partial charge in [0.05, 0.1) is 13.2 Å². The van der Waals surface area contributed by atoms with Gasteiger partial charge in [-0.05, 0) is 50.7 Å². The number of carbonyl (C=O) groups excluding carboxylic acids is 1. The molecule has 2 rings (SSSR count). The van der Waals surface area contributed by atoms with E-state index >= 15 is 0 Å². The van der Waals surface area contributed by atoms with Crippen LogP contribution >= 0.6 is 22.6 Å². The number of nitrogens with zero attached hydrogens (tertiary/aromatic N) is 1. The minimum absolute atomic E-state index is 0.147. The van der Waals surface area contributed by atoms with E-state index in [0.29, 0.717) is 0 Å². The molecule has 0 aliphatic heterocycles. The lowest BCUT2D eigenvalue weighted by molar-refractivity contribution is -0.146. The Morgan fingerprint density at radius 1 is 1.35 bits per heavy atom. The summed E-state index contributed by atoms with van der Waals surface area (Å²) in [5.74, 6) is -0.147. The summed E-state index contributed by atoms with van der Waals surface area (Å²) in [5.41, 5.74) is 3.83. The monoisotopic (exact) mass is 427 g/mol. The summed E-state index contributed by atoms with van der Waals surface area (Å²) in [4.78, 5) is 14.6. The van der Waals surface area contributed by atoms with Crippen LogP contribution in [0.1, 0.15) is 49.8 Å². The van der Waals surface area contributed by atoms with E-state index in [1.165, 1.54) is 36.8 Å². The quantitative estimate of drug-likeness (QED) is 0.371. The molecule has 0 saturated heterocycles. The van der Waals surface area contributed by atoms with Gasteiger partial charge in [-0.25, -0.2) is 4.79 Å². The number of carbonyl (C=O) groups is 1. The second-order valence-corrected chi connectivity index (χ2v) is 6.96. The largest absolute Gasteiger partial charge is 0.467 e. The van der Waals surface area contributed by atoms with E-state index in [4.69, 9.17) is 4.74 Å². The molecule has 0 aromatic heterocycles. The first-order chi connectivity index (χ1) is 11.1. The third kappa shape index (κ3) is 4.28. The summed E-state index contributed by atoms with van der Waals surface area (Å²) in [6, 6.07) is 8.35. The molecule has 23 heavy (non-hydrogen) atoms. The predicted molar refractivity (Wildman–Crippen MR) is 103 cm³/mol. The summed E-state index contributed by atoms with van der Waals surface area (Å²) in [6.07, 6.45) is 6.88. The fraction of sp³-hybridized carbons (Fsp3) is 0.526. The van der Waals surface area contributed by atoms with Crippen molar-refractivity contribution in [2.75, 3.05) is 11.5 Å². The second kappa shape index (κ2) is 8.71. The SMILES string of the molecule is COC(=O)[C@H](CI)N(C1=CCCCC1)[C@H](C)c1ccccc1C. The molecule has 0 amide bonds. The van der Waals surface area contributed by atoms with Crippen molar-refractivity contribution in [3.63, 3.8) is 0 Å². The van der Waals surface area contributed by atoms with Gasteiger partial charge in [-0.15, -0.1) is 0 Å². The molecule has 1 aliphatic carbocycles. The molecule has 1 aliphatic rings. The Balaban J connectivity index is 2.41. The van der Waals surface area contributed by atoms with Crippen molar-refractivity contribution in [3.05, 3.63) is 47.2 Å². The summed E-state index contributed by atoms with van der Waals surface area (Å²) in [6.45, 7) is 4.33. The molecule has 2 atom stereocenters. The summed E-state index contributed by atoms with van der Waals surface area (Å²) >= 11 is 2.29. The van der Waals surface area contributed by atoms with Gasteiger partial charge in [0.1, 0.15) is 6.04 Å². The number of ether oxygens (including phenoxy) is 1. The molecule has 0 spiro atoms. The van der Waals surface area contributed by atoms with Gasteiger partial charge >= 0.3 is 5.97 Å². The Hall–Kier alpha value is -1.04. The summed E-state index contributed by atoms with van der Waals surface area (Å²) in [5, 5.41) is 0. The first kappa shape index (κ1) is 18.3. The molecular formula is C19H26INO2. The number of rotatable bonds is 6. The van der Waals surface area contributed by atoms with Crippen molar-refractivity contribution in [3.8, 4) is 0 Å². The third-order valence-electron chi connectivity index (χ3n) is 4.61. The zero-order valence-electron chi connectivity index (χ0n) is 14.2. The van der Waals surface area contributed by atoms with Crippen molar-refractivity contribution in [1.29, 1.82) is 0 Å². The number of esters is 1. The van der Waals surface area contributed by atoms with Crippen LogP contribution in [0.25, 0.3) is 0 Å². The van der Waals surface area contributed by atoms with Crippen LogP contribution in [-0.4, -0.2) is 28.4 Å². The van der Waals surface area contributed by atoms with E-state index in [1.807, 2.05) is 0 Å². The molecule has 3 nitrogen and oxygen atoms in total. The van der Waals surface area contributed by atoms with Crippen molar-refractivity contribution in [2.45, 2.75) is 51.6 Å². The van der Waals surface area contributed by atoms with Gasteiger partial charge in [0.25, 0.3) is 0 Å². The zero-order valence-corrected chi connectivity index (χ0v) is 16.4. The first-order valence-corrected chi connectivity index (χ1v) is 9.79. The van der Waals surface area contributed by atoms with Gasteiger partial charge in [0.2, 0.25) is 0 Å². The highest BCUT2D eigenvalue weighted by Crippen LogP contribution is 2.34. The van der Waals surface area contributed by atoms with E-state index < -0.39 is 0 Å². The molecule has 0 bridgehead atoms. The van der Waals surface area contributed by atoms with Gasteiger partial charge in [-0.1, -0.05) is 52.9 Å². The molecule has 1 aromatic rings. The van der Waals surface area contributed by atoms with Crippen molar-refractivity contribution >= 4 is 28.6 Å². The number of halogens is 1. The molecule has 0 N–H and O–H groups in total. The van der Waals surface area contributed by atoms with E-state index in [2.05, 4.69) is 71.7 Å². The van der Waals surface area contributed by atoms with Crippen LogP contribution in [0, 0.1) is 6.92 Å². The molecule has 0 unspecified atom stereocenters. The predicted octanol–water partition coefficient (Wildman–Crippen LogP) is 4.79. The maximum absolute atomic E-state index is 12.4. The van der Waals surface area contributed by atoms with Gasteiger partial charge in [0, 0.05) is 10.1 Å². The smallest absolute Gasteiger partial charge is 0.329 e. The molecule has 1 aromatic carbocycles. The van der Waals surface area contributed by atoms with Crippen LogP contribution in [-0.2, 0) is 9.53 Å². The number of hydrogen-bond acceptors (Lipinski definition) is 3. The van der Waals surface area contributed by atoms with E-state index in [-0.39, 0.29) is 18.1 Å². The highest BCUT2D eigenvalue weighted by molar-refractivity contribution is 14.1. The van der Waals surface area contributed by atoms with Crippen molar-refractivity contribution in [1.82, 2.24) is 4.90 Å². The normalized spacial score (nSPS) is 17.1. The van der Waals surface area contributed by atoms with Crippen LogP contribution in [0.15, 0.2) is 36.0 Å². The molecule has 0 heterocycles. The fourth-order valence-electron chi connectivity index (χ4n) is 3.37. The van der Waals surface area contributed by atoms with Gasteiger partial charge in [-0.2, -0.15) is 0 Å². The average molecular weight is 427 g/mol. The van der Waals surface area contributed by atoms with Crippen molar-refractivity contribution in [2.24, 2.45) is 0 Å². The minimum atomic E-state index is -0.237. The molecular weight excluding hydrogens is 401 g/mol. The van der Waals surface area contributed by atoms with Crippen molar-refractivity contribution < 1.29 is 9.53 Å². The van der Waals surface area contributed by atoms with Gasteiger partial charge < -0.3 is 9.64 Å². The Labute approximate surface area is 153 Å². The molecule has 4 heteroatoms. The van der Waals surface area contributed by atoms with E-state index in [1.54, 1.807) is 0 Å². The topological polar surface area (TPSA) is 29.5 Å². The average Bonchev–Trinajstić information content (AvgIpc) is 2.59. The van der Waals surface area contributed by atoms with Crippen LogP contribution < -0.4 is 0 Å². The fourth-order valence-corrected chi connectivity index (χ4v) is 4.15. The van der Waals surface area contributed by atoms with E-state index in [9.17, 15) is 4.79 Å². The number of aryl methyl sites for hydroxylation is 1. The standard InChI is InChI=1S/C19H26INO2/c1-14-9-7-8-12-17(14)15(2)21(16-10-5-4-6-11-16)18(13-20)19(22)23-3/h7-10,12,15,18H,4-6,11,13H2,1-3H3/t15-,18+/m1/s1. The highest BCUT2D eigenvalue weighted by atomic mass is 127. The zero-order chi connectivity index (χ0) is 16.8. The Kier molecular flexibility index (Phi) is 6.93. The number of allylic oxidation sites excluding steroid dienone is 2. The Bertz CT molecular complexity index is 570. The molecule has 0 fully saturated rings. The lowest BCUT2D eigenvalue weighted by Gasteiger charge is -2.39. The van der Waals surface area contributed by atoms with Gasteiger partial charge in [-0.3, -0.25) is 0 Å². The number of methoxy groups -OCH3 is 1.